The molecule has 0 spiro atoms. The normalized spacial score (nSPS) is 17.9. The van der Waals surface area contributed by atoms with Gasteiger partial charge in [-0.1, -0.05) is 43.0 Å². The molecule has 1 nitrogen and oxygen atoms in total. The number of nitrogens with zero attached hydrogens (tertiary/aromatic N) is 1. The molecule has 0 N–H and O–H groups in total. The van der Waals surface area contributed by atoms with Gasteiger partial charge in [-0.2, -0.15) is 0 Å². The third-order valence-electron chi connectivity index (χ3n) is 3.54. The van der Waals surface area contributed by atoms with Crippen LogP contribution in [0, 0.1) is 0 Å². The summed E-state index contributed by atoms with van der Waals surface area (Å²) in [6.07, 6.45) is 6.95. The lowest BCUT2D eigenvalue weighted by Gasteiger charge is -2.31. The molecule has 0 bridgehead atoms. The highest BCUT2D eigenvalue weighted by molar-refractivity contribution is 6.30. The summed E-state index contributed by atoms with van der Waals surface area (Å²) in [5.41, 5.74) is 1.36. The van der Waals surface area contributed by atoms with Gasteiger partial charge in [0.2, 0.25) is 0 Å². The van der Waals surface area contributed by atoms with Crippen molar-refractivity contribution >= 4 is 11.6 Å². The van der Waals surface area contributed by atoms with Crippen molar-refractivity contribution in [1.29, 1.82) is 0 Å². The van der Waals surface area contributed by atoms with E-state index in [9.17, 15) is 0 Å². The van der Waals surface area contributed by atoms with Crippen LogP contribution in [-0.4, -0.2) is 18.0 Å². The molecule has 1 aromatic carbocycles. The summed E-state index contributed by atoms with van der Waals surface area (Å²) in [6.45, 7) is 1.04. The lowest BCUT2D eigenvalue weighted by atomic mass is 9.94. The topological polar surface area (TPSA) is 3.24 Å². The zero-order valence-electron chi connectivity index (χ0n) is 9.95. The molecule has 1 aliphatic rings. The van der Waals surface area contributed by atoms with Crippen LogP contribution in [0.3, 0.4) is 0 Å². The first-order valence-corrected chi connectivity index (χ1v) is 6.58. The molecule has 0 unspecified atom stereocenters. The van der Waals surface area contributed by atoms with Crippen molar-refractivity contribution in [2.24, 2.45) is 0 Å². The molecule has 0 radical (unpaired) electrons. The number of halogens is 1. The van der Waals surface area contributed by atoms with E-state index in [4.69, 9.17) is 11.6 Å². The molecule has 0 aromatic heterocycles. The van der Waals surface area contributed by atoms with Gasteiger partial charge < -0.3 is 0 Å². The van der Waals surface area contributed by atoms with Crippen LogP contribution in [-0.2, 0) is 6.54 Å². The van der Waals surface area contributed by atoms with Crippen molar-refractivity contribution in [3.8, 4) is 0 Å². The van der Waals surface area contributed by atoms with Crippen LogP contribution >= 0.6 is 11.6 Å². The van der Waals surface area contributed by atoms with Crippen molar-refractivity contribution in [3.63, 3.8) is 0 Å². The monoisotopic (exact) mass is 237 g/mol. The summed E-state index contributed by atoms with van der Waals surface area (Å²) in [5.74, 6) is 0. The van der Waals surface area contributed by atoms with Crippen molar-refractivity contribution in [1.82, 2.24) is 4.90 Å². The minimum atomic E-state index is 0.782. The first-order valence-electron chi connectivity index (χ1n) is 6.20. The summed E-state index contributed by atoms with van der Waals surface area (Å²) in [7, 11) is 2.24. The Kier molecular flexibility index (Phi) is 4.25. The Bertz CT molecular complexity index is 314. The minimum absolute atomic E-state index is 0.782. The molecule has 2 rings (SSSR count). The quantitative estimate of drug-likeness (QED) is 0.765. The van der Waals surface area contributed by atoms with Gasteiger partial charge in [0.15, 0.2) is 0 Å². The third kappa shape index (κ3) is 3.23. The van der Waals surface area contributed by atoms with Crippen molar-refractivity contribution < 1.29 is 0 Å². The molecule has 2 heteroatoms. The Labute approximate surface area is 103 Å². The van der Waals surface area contributed by atoms with Gasteiger partial charge in [-0.05, 0) is 37.6 Å². The van der Waals surface area contributed by atoms with Crippen LogP contribution in [0.2, 0.25) is 5.02 Å². The maximum Gasteiger partial charge on any atom is 0.0406 e. The van der Waals surface area contributed by atoms with E-state index in [0.717, 1.165) is 17.6 Å². The first-order chi connectivity index (χ1) is 7.75. The molecule has 1 aliphatic carbocycles. The maximum atomic E-state index is 5.88. The molecule has 16 heavy (non-hydrogen) atoms. The molecule has 0 amide bonds. The SMILES string of the molecule is CN(Cc1ccc(Cl)cc1)C1CCCCC1. The van der Waals surface area contributed by atoms with Crippen LogP contribution < -0.4 is 0 Å². The van der Waals surface area contributed by atoms with Crippen molar-refractivity contribution in [2.75, 3.05) is 7.05 Å². The van der Waals surface area contributed by atoms with Gasteiger partial charge in [-0.3, -0.25) is 4.90 Å². The van der Waals surface area contributed by atoms with Crippen molar-refractivity contribution in [2.45, 2.75) is 44.7 Å². The highest BCUT2D eigenvalue weighted by atomic mass is 35.5. The van der Waals surface area contributed by atoms with E-state index in [1.165, 1.54) is 37.7 Å². The lowest BCUT2D eigenvalue weighted by molar-refractivity contribution is 0.184. The number of hydrogen-bond acceptors (Lipinski definition) is 1. The second-order valence-electron chi connectivity index (χ2n) is 4.83. The fourth-order valence-electron chi connectivity index (χ4n) is 2.53. The minimum Gasteiger partial charge on any atom is -0.299 e. The molecular weight excluding hydrogens is 218 g/mol. The van der Waals surface area contributed by atoms with Gasteiger partial charge in [0.1, 0.15) is 0 Å². The zero-order chi connectivity index (χ0) is 11.4. The van der Waals surface area contributed by atoms with Crippen LogP contribution in [0.25, 0.3) is 0 Å². The highest BCUT2D eigenvalue weighted by Crippen LogP contribution is 2.23. The Morgan fingerprint density at radius 3 is 2.38 bits per heavy atom. The van der Waals surface area contributed by atoms with E-state index in [-0.39, 0.29) is 0 Å². The Hall–Kier alpha value is -0.530. The summed E-state index contributed by atoms with van der Waals surface area (Å²) in [4.78, 5) is 2.49. The second-order valence-corrected chi connectivity index (χ2v) is 5.27. The van der Waals surface area contributed by atoms with Crippen LogP contribution in [0.1, 0.15) is 37.7 Å². The molecular formula is C14H20ClN. The summed E-state index contributed by atoms with van der Waals surface area (Å²) >= 11 is 5.88. The van der Waals surface area contributed by atoms with Gasteiger partial charge in [0.05, 0.1) is 0 Å². The predicted molar refractivity (Wildman–Crippen MR) is 69.8 cm³/mol. The lowest BCUT2D eigenvalue weighted by Crippen LogP contribution is -2.32. The van der Waals surface area contributed by atoms with E-state index in [1.807, 2.05) is 12.1 Å². The number of hydrogen-bond donors (Lipinski definition) is 0. The largest absolute Gasteiger partial charge is 0.299 e. The highest BCUT2D eigenvalue weighted by Gasteiger charge is 2.17. The fourth-order valence-corrected chi connectivity index (χ4v) is 2.65. The third-order valence-corrected chi connectivity index (χ3v) is 3.80. The predicted octanol–water partition coefficient (Wildman–Crippen LogP) is 4.10. The average Bonchev–Trinajstić information content (AvgIpc) is 2.33. The molecule has 88 valence electrons. The van der Waals surface area contributed by atoms with Gasteiger partial charge in [0, 0.05) is 17.6 Å². The van der Waals surface area contributed by atoms with E-state index in [0.29, 0.717) is 0 Å². The maximum absolute atomic E-state index is 5.88. The van der Waals surface area contributed by atoms with Crippen LogP contribution in [0.15, 0.2) is 24.3 Å². The molecule has 0 saturated heterocycles. The summed E-state index contributed by atoms with van der Waals surface area (Å²) < 4.78 is 0. The summed E-state index contributed by atoms with van der Waals surface area (Å²) in [6, 6.07) is 8.99. The summed E-state index contributed by atoms with van der Waals surface area (Å²) in [5, 5.41) is 0.823. The molecule has 0 heterocycles. The van der Waals surface area contributed by atoms with Gasteiger partial charge in [0.25, 0.3) is 0 Å². The second kappa shape index (κ2) is 5.70. The van der Waals surface area contributed by atoms with E-state index in [1.54, 1.807) is 0 Å². The van der Waals surface area contributed by atoms with Crippen LogP contribution in [0.5, 0.6) is 0 Å². The smallest absolute Gasteiger partial charge is 0.0406 e. The van der Waals surface area contributed by atoms with Gasteiger partial charge >= 0.3 is 0 Å². The van der Waals surface area contributed by atoms with E-state index >= 15 is 0 Å². The molecule has 1 aromatic rings. The Morgan fingerprint density at radius 2 is 1.75 bits per heavy atom. The zero-order valence-corrected chi connectivity index (χ0v) is 10.7. The Morgan fingerprint density at radius 1 is 1.12 bits per heavy atom. The Balaban J connectivity index is 1.90. The number of benzene rings is 1. The van der Waals surface area contributed by atoms with E-state index in [2.05, 4.69) is 24.1 Å². The average molecular weight is 238 g/mol. The number of rotatable bonds is 3. The van der Waals surface area contributed by atoms with E-state index < -0.39 is 0 Å². The first kappa shape index (κ1) is 11.9. The molecule has 0 aliphatic heterocycles. The standard InChI is InChI=1S/C14H20ClN/c1-16(14-5-3-2-4-6-14)11-12-7-9-13(15)10-8-12/h7-10,14H,2-6,11H2,1H3. The van der Waals surface area contributed by atoms with Crippen LogP contribution in [0.4, 0.5) is 0 Å². The van der Waals surface area contributed by atoms with Gasteiger partial charge in [-0.15, -0.1) is 0 Å². The van der Waals surface area contributed by atoms with Gasteiger partial charge in [-0.25, -0.2) is 0 Å². The van der Waals surface area contributed by atoms with Crippen molar-refractivity contribution in [3.05, 3.63) is 34.9 Å². The molecule has 0 atom stereocenters. The molecule has 1 saturated carbocycles. The molecule has 1 fully saturated rings. The fraction of sp³-hybridized carbons (Fsp3) is 0.571.